The predicted molar refractivity (Wildman–Crippen MR) is 159 cm³/mol. The third kappa shape index (κ3) is 15.6. The highest BCUT2D eigenvalue weighted by atomic mass is 35.5. The van der Waals surface area contributed by atoms with E-state index in [1.165, 1.54) is 37.3 Å². The highest BCUT2D eigenvalue weighted by Crippen LogP contribution is 2.20. The number of halogens is 4. The molecule has 0 aliphatic heterocycles. The quantitative estimate of drug-likeness (QED) is 0.0565. The Morgan fingerprint density at radius 1 is 0.767 bits per heavy atom. The van der Waals surface area contributed by atoms with Crippen molar-refractivity contribution in [2.75, 3.05) is 37.5 Å². The van der Waals surface area contributed by atoms with Crippen molar-refractivity contribution in [3.05, 3.63) is 81.7 Å². The molecule has 0 amide bonds. The van der Waals surface area contributed by atoms with Crippen molar-refractivity contribution in [3.63, 3.8) is 0 Å². The molecule has 0 saturated carbocycles. The topological polar surface area (TPSA) is 143 Å². The number of ketones is 1. The second-order valence-electron chi connectivity index (χ2n) is 7.71. The van der Waals surface area contributed by atoms with E-state index in [9.17, 15) is 28.0 Å². The first-order valence-electron chi connectivity index (χ1n) is 12.8. The zero-order valence-corrected chi connectivity index (χ0v) is 25.8. The lowest BCUT2D eigenvalue weighted by atomic mass is 10.2. The number of Topliss-reactive ketones (excluding diaryl/α,β-unsaturated/α-hetero) is 1. The van der Waals surface area contributed by atoms with Crippen molar-refractivity contribution in [2.45, 2.75) is 34.6 Å². The number of nitrogens with two attached hydrogens (primary N) is 1. The molecule has 0 unspecified atom stereocenters. The fourth-order valence-electron chi connectivity index (χ4n) is 2.52. The van der Waals surface area contributed by atoms with Gasteiger partial charge in [0.05, 0.1) is 36.5 Å². The average Bonchev–Trinajstić information content (AvgIpc) is 2.94. The lowest BCUT2D eigenvalue weighted by Crippen LogP contribution is -2.19. The van der Waals surface area contributed by atoms with Crippen LogP contribution in [-0.2, 0) is 38.1 Å². The number of esters is 3. The second-order valence-corrected chi connectivity index (χ2v) is 8.52. The second kappa shape index (κ2) is 21.5. The summed E-state index contributed by atoms with van der Waals surface area (Å²) in [5.74, 6) is -3.61. The van der Waals surface area contributed by atoms with E-state index in [4.69, 9.17) is 43.1 Å². The van der Waals surface area contributed by atoms with Gasteiger partial charge in [0.25, 0.3) is 0 Å². The van der Waals surface area contributed by atoms with E-state index in [1.54, 1.807) is 27.7 Å². The average molecular weight is 647 g/mol. The van der Waals surface area contributed by atoms with Gasteiger partial charge in [0.15, 0.2) is 11.4 Å². The molecule has 14 heteroatoms. The molecule has 0 aliphatic rings. The zero-order chi connectivity index (χ0) is 32.9. The monoisotopic (exact) mass is 646 g/mol. The molecule has 0 aromatic heterocycles. The van der Waals surface area contributed by atoms with Gasteiger partial charge in [-0.25, -0.2) is 23.2 Å². The van der Waals surface area contributed by atoms with Crippen LogP contribution >= 0.6 is 23.2 Å². The Labute approximate surface area is 258 Å². The van der Waals surface area contributed by atoms with Crippen molar-refractivity contribution < 1.29 is 46.9 Å². The molecule has 43 heavy (non-hydrogen) atoms. The van der Waals surface area contributed by atoms with Crippen molar-refractivity contribution in [2.24, 2.45) is 0 Å². The molecule has 236 valence electrons. The van der Waals surface area contributed by atoms with Crippen molar-refractivity contribution in [1.82, 2.24) is 0 Å². The third-order valence-electron chi connectivity index (χ3n) is 4.48. The Bertz CT molecular complexity index is 1280. The highest BCUT2D eigenvalue weighted by Gasteiger charge is 2.21. The van der Waals surface area contributed by atoms with E-state index in [2.05, 4.69) is 10.1 Å². The number of ether oxygens (including phenoxy) is 4. The molecule has 2 aromatic rings. The van der Waals surface area contributed by atoms with E-state index in [0.717, 1.165) is 18.5 Å². The van der Waals surface area contributed by atoms with Crippen molar-refractivity contribution in [1.29, 1.82) is 0 Å². The summed E-state index contributed by atoms with van der Waals surface area (Å²) in [6.45, 7) is 8.88. The van der Waals surface area contributed by atoms with Gasteiger partial charge in [0.1, 0.15) is 23.5 Å². The Morgan fingerprint density at radius 2 is 1.23 bits per heavy atom. The third-order valence-corrected chi connectivity index (χ3v) is 5.06. The molecule has 0 bridgehead atoms. The van der Waals surface area contributed by atoms with Crippen LogP contribution < -0.4 is 11.1 Å². The van der Waals surface area contributed by atoms with Gasteiger partial charge in [0, 0.05) is 17.6 Å². The van der Waals surface area contributed by atoms with E-state index in [0.29, 0.717) is 18.0 Å². The minimum atomic E-state index is -0.809. The maximum absolute atomic E-state index is 13.0. The molecule has 0 radical (unpaired) electrons. The molecule has 2 rings (SSSR count). The number of carbonyl (C=O) groups excluding carboxylic acids is 4. The van der Waals surface area contributed by atoms with Crippen molar-refractivity contribution in [3.8, 4) is 0 Å². The number of hydrogen-bond donors (Lipinski definition) is 2. The van der Waals surface area contributed by atoms with Gasteiger partial charge in [-0.2, -0.15) is 0 Å². The van der Waals surface area contributed by atoms with Crippen LogP contribution in [0.1, 0.15) is 34.6 Å². The normalized spacial score (nSPS) is 10.0. The first kappa shape index (κ1) is 38.8. The van der Waals surface area contributed by atoms with Gasteiger partial charge in [-0.3, -0.25) is 4.79 Å². The Hall–Kier alpha value is -4.16. The van der Waals surface area contributed by atoms with Gasteiger partial charge in [-0.1, -0.05) is 23.2 Å². The number of hydrogen-bond acceptors (Lipinski definition) is 10. The minimum Gasteiger partial charge on any atom is -0.500 e. The number of carbonyl (C=O) groups is 4. The lowest BCUT2D eigenvalue weighted by Gasteiger charge is -2.08. The molecule has 0 spiro atoms. The number of rotatable bonds is 11. The summed E-state index contributed by atoms with van der Waals surface area (Å²) in [5, 5.41) is 2.66. The largest absolute Gasteiger partial charge is 0.500 e. The van der Waals surface area contributed by atoms with E-state index < -0.39 is 29.5 Å². The molecular formula is C29H34Cl2F2N2O8. The molecular weight excluding hydrogens is 613 g/mol. The van der Waals surface area contributed by atoms with Gasteiger partial charge < -0.3 is 30.0 Å². The molecule has 10 nitrogen and oxygen atoms in total. The number of nitrogens with one attached hydrogen (secondary N) is 1. The Kier molecular flexibility index (Phi) is 19.4. The smallest absolute Gasteiger partial charge is 0.347 e. The number of nitrogen functional groups attached to an aromatic ring is 1. The van der Waals surface area contributed by atoms with Gasteiger partial charge >= 0.3 is 17.9 Å². The minimum absolute atomic E-state index is 0.0521. The summed E-state index contributed by atoms with van der Waals surface area (Å²) in [7, 11) is 0. The van der Waals surface area contributed by atoms with Crippen LogP contribution in [0.4, 0.5) is 20.2 Å². The highest BCUT2D eigenvalue weighted by molar-refractivity contribution is 6.31. The van der Waals surface area contributed by atoms with E-state index >= 15 is 0 Å². The van der Waals surface area contributed by atoms with Crippen LogP contribution in [0.3, 0.4) is 0 Å². The molecule has 0 saturated heterocycles. The Balaban J connectivity index is 0.000000680. The van der Waals surface area contributed by atoms with Crippen LogP contribution in [0.25, 0.3) is 0 Å². The summed E-state index contributed by atoms with van der Waals surface area (Å²) in [4.78, 5) is 45.4. The Morgan fingerprint density at radius 3 is 1.63 bits per heavy atom. The fraction of sp³-hybridized carbons (Fsp3) is 0.310. The number of anilines is 2. The van der Waals surface area contributed by atoms with Crippen LogP contribution in [0.5, 0.6) is 0 Å². The van der Waals surface area contributed by atoms with Gasteiger partial charge in [-0.05, 0) is 71.0 Å². The molecule has 0 atom stereocenters. The maximum atomic E-state index is 13.0. The maximum Gasteiger partial charge on any atom is 0.347 e. The molecule has 0 aliphatic carbocycles. The van der Waals surface area contributed by atoms with Crippen LogP contribution in [0.15, 0.2) is 60.0 Å². The SMILES string of the molecule is CCO/C=C(/C(C)=O)C(=O)OCC.CCOC(=O)C(=CNc1ccc(F)c(Cl)c1)C(=O)OCC.Nc1ccc(F)c(Cl)c1. The molecule has 0 fully saturated rings. The molecule has 0 heterocycles. The molecule has 2 aromatic carbocycles. The molecule has 3 N–H and O–H groups in total. The first-order chi connectivity index (χ1) is 20.3. The van der Waals surface area contributed by atoms with E-state index in [-0.39, 0.29) is 46.8 Å². The van der Waals surface area contributed by atoms with Crippen LogP contribution in [-0.4, -0.2) is 50.1 Å². The number of benzene rings is 2. The first-order valence-corrected chi connectivity index (χ1v) is 13.5. The van der Waals surface area contributed by atoms with Crippen LogP contribution in [0.2, 0.25) is 10.0 Å². The lowest BCUT2D eigenvalue weighted by molar-refractivity contribution is -0.147. The zero-order valence-electron chi connectivity index (χ0n) is 24.3. The summed E-state index contributed by atoms with van der Waals surface area (Å²) >= 11 is 11.0. The van der Waals surface area contributed by atoms with Crippen molar-refractivity contribution >= 4 is 58.3 Å². The van der Waals surface area contributed by atoms with Gasteiger partial charge in [0.2, 0.25) is 0 Å². The standard InChI is InChI=1S/C14H15ClFNO4.C9H14O4.C6H5ClFN/c1-3-20-13(18)10(14(19)21-4-2)8-17-9-5-6-12(16)11(15)7-9;1-4-12-6-8(7(3)10)9(11)13-5-2;7-5-3-4(9)1-2-6(5)8/h5-8,17H,3-4H2,1-2H3;6H,4-5H2,1-3H3;1-3H,9H2/b;8-6-;. The summed E-state index contributed by atoms with van der Waals surface area (Å²) in [6, 6.07) is 7.95. The summed E-state index contributed by atoms with van der Waals surface area (Å²) in [6.07, 6.45) is 2.28. The van der Waals surface area contributed by atoms with E-state index in [1.807, 2.05) is 0 Å². The summed E-state index contributed by atoms with van der Waals surface area (Å²) in [5.41, 5.74) is 5.82. The summed E-state index contributed by atoms with van der Waals surface area (Å²) < 4.78 is 44.4. The predicted octanol–water partition coefficient (Wildman–Crippen LogP) is 6.02. The fourth-order valence-corrected chi connectivity index (χ4v) is 2.89. The van der Waals surface area contributed by atoms with Crippen LogP contribution in [0, 0.1) is 11.6 Å². The van der Waals surface area contributed by atoms with Gasteiger partial charge in [-0.15, -0.1) is 0 Å².